The van der Waals surface area contributed by atoms with Gasteiger partial charge in [0.25, 0.3) is 11.8 Å². The van der Waals surface area contributed by atoms with Gasteiger partial charge in [-0.25, -0.2) is 0 Å². The number of carbonyl (C=O) groups is 3. The van der Waals surface area contributed by atoms with Crippen molar-refractivity contribution in [3.8, 4) is 0 Å². The van der Waals surface area contributed by atoms with Crippen molar-refractivity contribution in [3.05, 3.63) is 72.2 Å². The van der Waals surface area contributed by atoms with E-state index in [1.165, 1.54) is 16.0 Å². The number of nitrogens with zero attached hydrogens (tertiary/aromatic N) is 3. The molecule has 2 heterocycles. The molecule has 0 fully saturated rings. The average molecular weight is 379 g/mol. The number of carbonyl (C=O) groups excluding carboxylic acids is 2. The molecule has 0 aliphatic carbocycles. The molecular formula is C21H21N3O4. The zero-order chi connectivity index (χ0) is 20.3. The van der Waals surface area contributed by atoms with E-state index in [0.717, 1.165) is 0 Å². The number of amides is 2. The van der Waals surface area contributed by atoms with E-state index in [1.54, 1.807) is 48.7 Å². The normalized spacial score (nSPS) is 16.9. The number of benzene rings is 1. The Morgan fingerprint density at radius 3 is 2.36 bits per heavy atom. The Bertz CT molecular complexity index is 910. The number of carboxylic acid groups (broad SMARTS) is 1. The van der Waals surface area contributed by atoms with Crippen LogP contribution in [0.25, 0.3) is 5.70 Å². The van der Waals surface area contributed by atoms with Gasteiger partial charge in [0.1, 0.15) is 18.3 Å². The first-order valence-electron chi connectivity index (χ1n) is 8.94. The van der Waals surface area contributed by atoms with Gasteiger partial charge in [0.2, 0.25) is 0 Å². The fourth-order valence-corrected chi connectivity index (χ4v) is 3.23. The average Bonchev–Trinajstić information content (AvgIpc) is 2.69. The first kappa shape index (κ1) is 19.3. The van der Waals surface area contributed by atoms with E-state index in [0.29, 0.717) is 11.3 Å². The summed E-state index contributed by atoms with van der Waals surface area (Å²) in [7, 11) is 0. The molecule has 1 aromatic heterocycles. The van der Waals surface area contributed by atoms with Crippen molar-refractivity contribution in [2.75, 3.05) is 6.54 Å². The Hall–Kier alpha value is -3.48. The van der Waals surface area contributed by atoms with Crippen molar-refractivity contribution < 1.29 is 19.5 Å². The highest BCUT2D eigenvalue weighted by Crippen LogP contribution is 2.30. The first-order chi connectivity index (χ1) is 13.4. The topological polar surface area (TPSA) is 90.8 Å². The van der Waals surface area contributed by atoms with Crippen LogP contribution in [0, 0.1) is 5.92 Å². The zero-order valence-electron chi connectivity index (χ0n) is 15.6. The maximum absolute atomic E-state index is 13.2. The SMILES string of the molecule is CC(C)[C@@H]1C(=O)N(CC(=O)O)C(c2ccccc2)=CN1C(=O)c1ccccn1. The highest BCUT2D eigenvalue weighted by atomic mass is 16.4. The summed E-state index contributed by atoms with van der Waals surface area (Å²) >= 11 is 0. The van der Waals surface area contributed by atoms with Gasteiger partial charge in [-0.3, -0.25) is 29.2 Å². The van der Waals surface area contributed by atoms with Crippen molar-refractivity contribution >= 4 is 23.5 Å². The van der Waals surface area contributed by atoms with E-state index in [2.05, 4.69) is 4.98 Å². The second-order valence-corrected chi connectivity index (χ2v) is 6.81. The van der Waals surface area contributed by atoms with E-state index in [-0.39, 0.29) is 11.6 Å². The summed E-state index contributed by atoms with van der Waals surface area (Å²) in [5.74, 6) is -2.17. The molecule has 144 valence electrons. The number of hydrogen-bond acceptors (Lipinski definition) is 4. The smallest absolute Gasteiger partial charge is 0.323 e. The monoisotopic (exact) mass is 379 g/mol. The van der Waals surface area contributed by atoms with Crippen LogP contribution in [0.4, 0.5) is 0 Å². The van der Waals surface area contributed by atoms with Gasteiger partial charge in [-0.1, -0.05) is 50.2 Å². The zero-order valence-corrected chi connectivity index (χ0v) is 15.6. The van der Waals surface area contributed by atoms with E-state index in [9.17, 15) is 19.5 Å². The minimum Gasteiger partial charge on any atom is -0.480 e. The molecule has 2 amide bonds. The number of aromatic nitrogens is 1. The van der Waals surface area contributed by atoms with E-state index < -0.39 is 30.4 Å². The van der Waals surface area contributed by atoms with E-state index in [1.807, 2.05) is 19.9 Å². The molecule has 1 N–H and O–H groups in total. The molecule has 0 saturated carbocycles. The molecule has 2 aromatic rings. The van der Waals surface area contributed by atoms with Gasteiger partial charge < -0.3 is 5.11 Å². The largest absolute Gasteiger partial charge is 0.480 e. The Balaban J connectivity index is 2.14. The van der Waals surface area contributed by atoms with Gasteiger partial charge in [0.05, 0.1) is 5.70 Å². The van der Waals surface area contributed by atoms with Crippen molar-refractivity contribution in [1.29, 1.82) is 0 Å². The molecule has 7 heteroatoms. The molecule has 0 bridgehead atoms. The molecule has 1 aromatic carbocycles. The number of hydrogen-bond donors (Lipinski definition) is 1. The Morgan fingerprint density at radius 1 is 1.11 bits per heavy atom. The molecule has 1 atom stereocenters. The van der Waals surface area contributed by atoms with Crippen LogP contribution in [0.1, 0.15) is 29.9 Å². The summed E-state index contributed by atoms with van der Waals surface area (Å²) in [5.41, 5.74) is 1.24. The summed E-state index contributed by atoms with van der Waals surface area (Å²) in [6, 6.07) is 13.1. The third-order valence-corrected chi connectivity index (χ3v) is 4.48. The fraction of sp³-hybridized carbons (Fsp3) is 0.238. The van der Waals surface area contributed by atoms with Crippen LogP contribution >= 0.6 is 0 Å². The molecule has 1 aliphatic rings. The lowest BCUT2D eigenvalue weighted by Gasteiger charge is -2.40. The van der Waals surface area contributed by atoms with Crippen molar-refractivity contribution in [1.82, 2.24) is 14.8 Å². The summed E-state index contributed by atoms with van der Waals surface area (Å²) in [6.45, 7) is 3.16. The lowest BCUT2D eigenvalue weighted by Crippen LogP contribution is -2.55. The number of rotatable bonds is 5. The summed E-state index contributed by atoms with van der Waals surface area (Å²) in [6.07, 6.45) is 3.07. The number of pyridine rings is 1. The molecular weight excluding hydrogens is 358 g/mol. The second-order valence-electron chi connectivity index (χ2n) is 6.81. The maximum Gasteiger partial charge on any atom is 0.323 e. The van der Waals surface area contributed by atoms with Crippen LogP contribution in [-0.2, 0) is 9.59 Å². The molecule has 0 radical (unpaired) electrons. The van der Waals surface area contributed by atoms with Crippen LogP contribution in [-0.4, -0.2) is 50.3 Å². The quantitative estimate of drug-likeness (QED) is 0.862. The van der Waals surface area contributed by atoms with Crippen molar-refractivity contribution in [2.45, 2.75) is 19.9 Å². The highest BCUT2D eigenvalue weighted by Gasteiger charge is 2.41. The first-order valence-corrected chi connectivity index (χ1v) is 8.94. The summed E-state index contributed by atoms with van der Waals surface area (Å²) in [5, 5.41) is 9.31. The molecule has 3 rings (SSSR count). The lowest BCUT2D eigenvalue weighted by atomic mass is 9.96. The summed E-state index contributed by atoms with van der Waals surface area (Å²) < 4.78 is 0. The highest BCUT2D eigenvalue weighted by molar-refractivity contribution is 6.02. The third kappa shape index (κ3) is 3.78. The van der Waals surface area contributed by atoms with Gasteiger partial charge >= 0.3 is 5.97 Å². The van der Waals surface area contributed by atoms with Crippen LogP contribution in [0.15, 0.2) is 60.9 Å². The lowest BCUT2D eigenvalue weighted by molar-refractivity contribution is -0.144. The minimum absolute atomic E-state index is 0.218. The van der Waals surface area contributed by atoms with Gasteiger partial charge in [0.15, 0.2) is 0 Å². The van der Waals surface area contributed by atoms with Crippen LogP contribution in [0.3, 0.4) is 0 Å². The molecule has 0 saturated heterocycles. The molecule has 0 unspecified atom stereocenters. The van der Waals surface area contributed by atoms with Gasteiger partial charge in [-0.05, 0) is 23.6 Å². The number of carboxylic acids is 1. The second kappa shape index (κ2) is 8.04. The maximum atomic E-state index is 13.2. The Morgan fingerprint density at radius 2 is 1.79 bits per heavy atom. The number of aliphatic carboxylic acids is 1. The predicted octanol–water partition coefficient (Wildman–Crippen LogP) is 2.47. The predicted molar refractivity (Wildman–Crippen MR) is 103 cm³/mol. The minimum atomic E-state index is -1.12. The van der Waals surface area contributed by atoms with Crippen molar-refractivity contribution in [2.24, 2.45) is 5.92 Å². The van der Waals surface area contributed by atoms with Crippen LogP contribution in [0.5, 0.6) is 0 Å². The molecule has 0 spiro atoms. The Labute approximate surface area is 162 Å². The van der Waals surface area contributed by atoms with Gasteiger partial charge in [0, 0.05) is 12.4 Å². The van der Waals surface area contributed by atoms with Crippen LogP contribution < -0.4 is 0 Å². The van der Waals surface area contributed by atoms with E-state index >= 15 is 0 Å². The van der Waals surface area contributed by atoms with Gasteiger partial charge in [-0.2, -0.15) is 0 Å². The third-order valence-electron chi connectivity index (χ3n) is 4.48. The van der Waals surface area contributed by atoms with Crippen molar-refractivity contribution in [3.63, 3.8) is 0 Å². The fourth-order valence-electron chi connectivity index (χ4n) is 3.23. The molecule has 1 aliphatic heterocycles. The molecule has 7 nitrogen and oxygen atoms in total. The Kier molecular flexibility index (Phi) is 5.54. The summed E-state index contributed by atoms with van der Waals surface area (Å²) in [4.78, 5) is 44.4. The standard InChI is InChI=1S/C21H21N3O4/c1-14(2)19-21(28)23(13-18(25)26)17(15-8-4-3-5-9-15)12-24(19)20(27)16-10-6-7-11-22-16/h3-12,14,19H,13H2,1-2H3,(H,25,26)/t19-/m1/s1. The van der Waals surface area contributed by atoms with E-state index in [4.69, 9.17) is 0 Å². The molecule has 28 heavy (non-hydrogen) atoms. The van der Waals surface area contributed by atoms with Crippen LogP contribution in [0.2, 0.25) is 0 Å². The van der Waals surface area contributed by atoms with Gasteiger partial charge in [-0.15, -0.1) is 0 Å².